The van der Waals surface area contributed by atoms with Crippen LogP contribution in [0.3, 0.4) is 0 Å². The fraction of sp³-hybridized carbons (Fsp3) is 0.350. The Bertz CT molecular complexity index is 854. The first-order valence-electron chi connectivity index (χ1n) is 8.76. The topological polar surface area (TPSA) is 40.5 Å². The Hall–Kier alpha value is -2.12. The first-order chi connectivity index (χ1) is 13.2. The van der Waals surface area contributed by atoms with Crippen molar-refractivity contribution in [3.63, 3.8) is 0 Å². The Morgan fingerprint density at radius 1 is 1.14 bits per heavy atom. The molecule has 3 nitrogen and oxygen atoms in total. The average Bonchev–Trinajstić information content (AvgIpc) is 2.64. The minimum absolute atomic E-state index is 0.196. The molecule has 0 aliphatic carbocycles. The van der Waals surface area contributed by atoms with Gasteiger partial charge in [-0.15, -0.1) is 0 Å². The highest BCUT2D eigenvalue weighted by Gasteiger charge is 2.36. The van der Waals surface area contributed by atoms with Gasteiger partial charge in [-0.25, -0.2) is 4.39 Å². The smallest absolute Gasteiger partial charge is 0.417 e. The third kappa shape index (κ3) is 4.47. The average molecular weight is 416 g/mol. The molecule has 150 valence electrons. The molecular formula is C20H18ClF4NO2. The number of hydrogen-bond donors (Lipinski definition) is 1. The molecule has 0 aromatic heterocycles. The number of rotatable bonds is 4. The molecule has 28 heavy (non-hydrogen) atoms. The van der Waals surface area contributed by atoms with Crippen LogP contribution in [0.2, 0.25) is 5.02 Å². The van der Waals surface area contributed by atoms with E-state index >= 15 is 0 Å². The molecule has 2 unspecified atom stereocenters. The molecule has 1 saturated heterocycles. The van der Waals surface area contributed by atoms with E-state index in [2.05, 4.69) is 0 Å². The first kappa shape index (κ1) is 20.6. The van der Waals surface area contributed by atoms with Gasteiger partial charge in [0.2, 0.25) is 0 Å². The fourth-order valence-electron chi connectivity index (χ4n) is 3.63. The van der Waals surface area contributed by atoms with Gasteiger partial charge in [-0.1, -0.05) is 29.8 Å². The lowest BCUT2D eigenvalue weighted by atomic mass is 9.90. The second kappa shape index (κ2) is 8.09. The van der Waals surface area contributed by atoms with E-state index in [1.54, 1.807) is 0 Å². The number of nitrogens with zero attached hydrogens (tertiary/aromatic N) is 1. The second-order valence-electron chi connectivity index (χ2n) is 6.86. The molecule has 0 bridgehead atoms. The molecule has 2 aromatic rings. The van der Waals surface area contributed by atoms with Crippen molar-refractivity contribution in [3.05, 3.63) is 70.0 Å². The molecule has 1 fully saturated rings. The van der Waals surface area contributed by atoms with Gasteiger partial charge in [0.05, 0.1) is 22.5 Å². The number of carboxylic acid groups (broad SMARTS) is 1. The Balaban J connectivity index is 2.07. The number of piperidine rings is 1. The molecule has 8 heteroatoms. The Kier molecular flexibility index (Phi) is 5.95. The summed E-state index contributed by atoms with van der Waals surface area (Å²) in [7, 11) is 0. The van der Waals surface area contributed by atoms with Gasteiger partial charge in [-0.3, -0.25) is 9.69 Å². The Labute approximate surface area is 164 Å². The fourth-order valence-corrected chi connectivity index (χ4v) is 3.86. The zero-order valence-electron chi connectivity index (χ0n) is 14.7. The highest BCUT2D eigenvalue weighted by Crippen LogP contribution is 2.39. The van der Waals surface area contributed by atoms with Crippen LogP contribution >= 0.6 is 11.6 Å². The van der Waals surface area contributed by atoms with Crippen LogP contribution in [0.1, 0.15) is 35.6 Å². The van der Waals surface area contributed by atoms with Crippen LogP contribution in [0, 0.1) is 11.7 Å². The van der Waals surface area contributed by atoms with Crippen molar-refractivity contribution in [2.24, 2.45) is 5.92 Å². The zero-order valence-corrected chi connectivity index (χ0v) is 15.5. The number of alkyl halides is 3. The number of likely N-dealkylation sites (tertiary alicyclic amines) is 1. The quantitative estimate of drug-likeness (QED) is 0.681. The van der Waals surface area contributed by atoms with E-state index in [1.165, 1.54) is 36.4 Å². The minimum atomic E-state index is -4.62. The molecule has 2 atom stereocenters. The van der Waals surface area contributed by atoms with Crippen LogP contribution in [-0.4, -0.2) is 29.1 Å². The lowest BCUT2D eigenvalue weighted by Gasteiger charge is -2.38. The number of aliphatic carboxylic acids is 1. The summed E-state index contributed by atoms with van der Waals surface area (Å²) >= 11 is 5.74. The molecule has 2 aromatic carbocycles. The summed E-state index contributed by atoms with van der Waals surface area (Å²) in [6.45, 7) is 0.719. The van der Waals surface area contributed by atoms with Crippen LogP contribution in [0.25, 0.3) is 0 Å². The van der Waals surface area contributed by atoms with Crippen molar-refractivity contribution in [2.75, 3.05) is 13.1 Å². The monoisotopic (exact) mass is 415 g/mol. The SMILES string of the molecule is O=C(O)C1CCCN(C(c2ccc(F)cc2)c2ccc(Cl)c(C(F)(F)F)c2)C1. The molecule has 1 aliphatic heterocycles. The molecule has 0 amide bonds. The van der Waals surface area contributed by atoms with E-state index in [0.717, 1.165) is 6.07 Å². The maximum atomic E-state index is 13.4. The standard InChI is InChI=1S/C20H18ClF4NO2/c21-17-8-5-13(10-16(17)20(23,24)25)18(12-3-6-15(22)7-4-12)26-9-1-2-14(11-26)19(27)28/h3-8,10,14,18H,1-2,9,11H2,(H,27,28). The maximum Gasteiger partial charge on any atom is 0.417 e. The zero-order chi connectivity index (χ0) is 20.5. The van der Waals surface area contributed by atoms with Crippen molar-refractivity contribution in [1.29, 1.82) is 0 Å². The van der Waals surface area contributed by atoms with Gasteiger partial charge < -0.3 is 5.11 Å². The van der Waals surface area contributed by atoms with Gasteiger partial charge in [0.15, 0.2) is 0 Å². The van der Waals surface area contributed by atoms with Gasteiger partial charge in [0.25, 0.3) is 0 Å². The van der Waals surface area contributed by atoms with E-state index in [-0.39, 0.29) is 6.54 Å². The molecule has 1 aliphatic rings. The minimum Gasteiger partial charge on any atom is -0.481 e. The van der Waals surface area contributed by atoms with E-state index in [9.17, 15) is 27.5 Å². The summed E-state index contributed by atoms with van der Waals surface area (Å²) in [6.07, 6.45) is -3.50. The summed E-state index contributed by atoms with van der Waals surface area (Å²) in [5, 5.41) is 8.95. The largest absolute Gasteiger partial charge is 0.481 e. The number of carboxylic acids is 1. The van der Waals surface area contributed by atoms with E-state index in [0.29, 0.717) is 30.5 Å². The highest BCUT2D eigenvalue weighted by molar-refractivity contribution is 6.31. The molecule has 1 heterocycles. The van der Waals surface area contributed by atoms with Crippen molar-refractivity contribution < 1.29 is 27.5 Å². The second-order valence-corrected chi connectivity index (χ2v) is 7.27. The van der Waals surface area contributed by atoms with Crippen molar-refractivity contribution in [1.82, 2.24) is 4.90 Å². The molecule has 1 N–H and O–H groups in total. The van der Waals surface area contributed by atoms with Crippen molar-refractivity contribution in [3.8, 4) is 0 Å². The van der Waals surface area contributed by atoms with Crippen LogP contribution < -0.4 is 0 Å². The molecule has 0 radical (unpaired) electrons. The van der Waals surface area contributed by atoms with Crippen LogP contribution in [-0.2, 0) is 11.0 Å². The van der Waals surface area contributed by atoms with Gasteiger partial charge in [0.1, 0.15) is 5.82 Å². The lowest BCUT2D eigenvalue weighted by Crippen LogP contribution is -2.41. The normalized spacial score (nSPS) is 19.4. The third-order valence-electron chi connectivity index (χ3n) is 4.96. The Morgan fingerprint density at radius 3 is 2.39 bits per heavy atom. The Morgan fingerprint density at radius 2 is 1.79 bits per heavy atom. The molecule has 3 rings (SSSR count). The lowest BCUT2D eigenvalue weighted by molar-refractivity contribution is -0.143. The number of hydrogen-bond acceptors (Lipinski definition) is 2. The van der Waals surface area contributed by atoms with Gasteiger partial charge >= 0.3 is 12.1 Å². The maximum absolute atomic E-state index is 13.4. The predicted octanol–water partition coefficient (Wildman–Crippen LogP) is 5.38. The number of halogens is 5. The summed E-state index contributed by atoms with van der Waals surface area (Å²) in [5.74, 6) is -2.00. The summed E-state index contributed by atoms with van der Waals surface area (Å²) < 4.78 is 53.4. The first-order valence-corrected chi connectivity index (χ1v) is 9.13. The highest BCUT2D eigenvalue weighted by atomic mass is 35.5. The van der Waals surface area contributed by atoms with Crippen molar-refractivity contribution >= 4 is 17.6 Å². The molecule has 0 spiro atoms. The number of benzene rings is 2. The summed E-state index contributed by atoms with van der Waals surface area (Å²) in [4.78, 5) is 13.3. The molecule has 0 saturated carbocycles. The van der Waals surface area contributed by atoms with Gasteiger partial charge in [0, 0.05) is 6.54 Å². The van der Waals surface area contributed by atoms with E-state index < -0.39 is 40.5 Å². The van der Waals surface area contributed by atoms with Gasteiger partial charge in [-0.2, -0.15) is 13.2 Å². The van der Waals surface area contributed by atoms with Crippen LogP contribution in [0.5, 0.6) is 0 Å². The third-order valence-corrected chi connectivity index (χ3v) is 5.29. The number of carbonyl (C=O) groups is 1. The molecular weight excluding hydrogens is 398 g/mol. The van der Waals surface area contributed by atoms with E-state index in [4.69, 9.17) is 11.6 Å². The van der Waals surface area contributed by atoms with Gasteiger partial charge in [-0.05, 0) is 54.8 Å². The summed E-state index contributed by atoms with van der Waals surface area (Å²) in [5.41, 5.74) is -0.0390. The van der Waals surface area contributed by atoms with Crippen LogP contribution in [0.15, 0.2) is 42.5 Å². The van der Waals surface area contributed by atoms with E-state index in [1.807, 2.05) is 4.90 Å². The van der Waals surface area contributed by atoms with Crippen molar-refractivity contribution in [2.45, 2.75) is 25.1 Å². The summed E-state index contributed by atoms with van der Waals surface area (Å²) in [6, 6.07) is 8.52. The predicted molar refractivity (Wildman–Crippen MR) is 96.6 cm³/mol. The van der Waals surface area contributed by atoms with Crippen LogP contribution in [0.4, 0.5) is 17.6 Å².